The third-order valence-corrected chi connectivity index (χ3v) is 9.13. The van der Waals surface area contributed by atoms with Crippen molar-refractivity contribution >= 4 is 34.0 Å². The van der Waals surface area contributed by atoms with Crippen molar-refractivity contribution in [2.24, 2.45) is 0 Å². The lowest BCUT2D eigenvalue weighted by molar-refractivity contribution is -0.143. The molecule has 1 aliphatic rings. The molecule has 0 aliphatic carbocycles. The van der Waals surface area contributed by atoms with Crippen LogP contribution in [0.5, 0.6) is 5.75 Å². The fraction of sp³-hybridized carbons (Fsp3) is 0.387. The smallest absolute Gasteiger partial charge is 0.416 e. The average Bonchev–Trinajstić information content (AvgIpc) is 3.35. The van der Waals surface area contributed by atoms with Gasteiger partial charge in [0.2, 0.25) is 10.0 Å². The van der Waals surface area contributed by atoms with Gasteiger partial charge in [-0.25, -0.2) is 8.42 Å². The highest BCUT2D eigenvalue weighted by Crippen LogP contribution is 2.36. The Balaban J connectivity index is 0.00000600. The van der Waals surface area contributed by atoms with E-state index in [1.807, 2.05) is 0 Å². The van der Waals surface area contributed by atoms with Gasteiger partial charge in [0.05, 0.1) is 41.3 Å². The number of benzene rings is 3. The standard InChI is InChI=1S/C31H33F6N3O5S.ClH/c1-2-45-26-15-22(14-25(17-26)40-9-6-10-46(40,43)44)29(42)39-27(13-20-7-4-3-5-8-20)28(41)19-38-18-21-11-23(30(32,33)34)16-24(12-21)31(35,36)37;/h3-5,7-8,11-12,14-17,27-28,38,41H,2,6,9-10,13,18-19H2,1H3,(H,39,42);1H/t27-,28+;/m0./s1. The van der Waals surface area contributed by atoms with Crippen molar-refractivity contribution in [2.75, 3.05) is 29.8 Å². The Morgan fingerprint density at radius 2 is 1.60 bits per heavy atom. The molecule has 3 aromatic carbocycles. The highest BCUT2D eigenvalue weighted by molar-refractivity contribution is 7.93. The second kappa shape index (κ2) is 15.6. The molecule has 1 fully saturated rings. The van der Waals surface area contributed by atoms with Gasteiger partial charge in [-0.15, -0.1) is 12.4 Å². The highest BCUT2D eigenvalue weighted by atomic mass is 35.5. The monoisotopic (exact) mass is 709 g/mol. The molecule has 258 valence electrons. The summed E-state index contributed by atoms with van der Waals surface area (Å²) in [4.78, 5) is 13.5. The molecule has 0 unspecified atom stereocenters. The molecule has 1 aliphatic heterocycles. The Hall–Kier alpha value is -3.53. The van der Waals surface area contributed by atoms with Gasteiger partial charge in [0.15, 0.2) is 0 Å². The fourth-order valence-electron chi connectivity index (χ4n) is 5.07. The molecule has 2 atom stereocenters. The van der Waals surface area contributed by atoms with E-state index >= 15 is 0 Å². The first-order valence-electron chi connectivity index (χ1n) is 14.4. The van der Waals surface area contributed by atoms with Gasteiger partial charge in [-0.2, -0.15) is 26.3 Å². The van der Waals surface area contributed by atoms with E-state index in [1.54, 1.807) is 37.3 Å². The van der Waals surface area contributed by atoms with Crippen molar-refractivity contribution < 1.29 is 49.4 Å². The first-order valence-corrected chi connectivity index (χ1v) is 16.0. The number of anilines is 1. The number of sulfonamides is 1. The van der Waals surface area contributed by atoms with Crippen LogP contribution in [0.3, 0.4) is 0 Å². The molecule has 0 radical (unpaired) electrons. The molecule has 0 spiro atoms. The van der Waals surface area contributed by atoms with Crippen molar-refractivity contribution in [1.82, 2.24) is 10.6 Å². The van der Waals surface area contributed by atoms with Crippen LogP contribution in [0.2, 0.25) is 0 Å². The number of nitrogens with zero attached hydrogens (tertiary/aromatic N) is 1. The predicted molar refractivity (Wildman–Crippen MR) is 166 cm³/mol. The highest BCUT2D eigenvalue weighted by Gasteiger charge is 2.37. The van der Waals surface area contributed by atoms with Crippen molar-refractivity contribution in [2.45, 2.75) is 50.8 Å². The van der Waals surface area contributed by atoms with Crippen LogP contribution in [0.1, 0.15) is 46.0 Å². The molecule has 3 aromatic rings. The molecule has 1 amide bonds. The Morgan fingerprint density at radius 3 is 2.15 bits per heavy atom. The Labute approximate surface area is 274 Å². The quantitative estimate of drug-likeness (QED) is 0.212. The summed E-state index contributed by atoms with van der Waals surface area (Å²) >= 11 is 0. The SMILES string of the molecule is CCOc1cc(C(=O)N[C@@H](Cc2ccccc2)[C@H](O)CNCc2cc(C(F)(F)F)cc(C(F)(F)F)c2)cc(N2CCCS2(=O)=O)c1.Cl. The van der Waals surface area contributed by atoms with Gasteiger partial charge in [0.1, 0.15) is 5.75 Å². The van der Waals surface area contributed by atoms with Gasteiger partial charge in [-0.1, -0.05) is 30.3 Å². The minimum absolute atomic E-state index is 0. The maximum absolute atomic E-state index is 13.5. The molecular formula is C31H34ClF6N3O5S. The van der Waals surface area contributed by atoms with Crippen LogP contribution in [0.25, 0.3) is 0 Å². The Morgan fingerprint density at radius 1 is 0.957 bits per heavy atom. The fourth-order valence-corrected chi connectivity index (χ4v) is 6.62. The minimum Gasteiger partial charge on any atom is -0.494 e. The van der Waals surface area contributed by atoms with Crippen molar-refractivity contribution in [1.29, 1.82) is 0 Å². The predicted octanol–water partition coefficient (Wildman–Crippen LogP) is 5.58. The van der Waals surface area contributed by atoms with Gasteiger partial charge in [0, 0.05) is 31.3 Å². The van der Waals surface area contributed by atoms with E-state index in [4.69, 9.17) is 4.74 Å². The summed E-state index contributed by atoms with van der Waals surface area (Å²) in [6, 6.07) is 13.4. The zero-order valence-corrected chi connectivity index (χ0v) is 26.7. The minimum atomic E-state index is -5.00. The van der Waals surface area contributed by atoms with Crippen LogP contribution < -0.4 is 19.7 Å². The molecule has 0 saturated carbocycles. The zero-order valence-electron chi connectivity index (χ0n) is 25.1. The molecule has 16 heteroatoms. The van der Waals surface area contributed by atoms with Crippen molar-refractivity contribution in [3.8, 4) is 5.75 Å². The molecule has 1 heterocycles. The molecule has 0 bridgehead atoms. The van der Waals surface area contributed by atoms with E-state index in [0.29, 0.717) is 18.6 Å². The number of carbonyl (C=O) groups excluding carboxylic acids is 1. The summed E-state index contributed by atoms with van der Waals surface area (Å²) < 4.78 is 111. The first kappa shape index (κ1) is 37.9. The third-order valence-electron chi connectivity index (χ3n) is 7.26. The van der Waals surface area contributed by atoms with Gasteiger partial charge < -0.3 is 20.5 Å². The van der Waals surface area contributed by atoms with E-state index < -0.39 is 58.1 Å². The Kier molecular flexibility index (Phi) is 12.6. The average molecular weight is 710 g/mol. The Bertz CT molecular complexity index is 1590. The van der Waals surface area contributed by atoms with E-state index in [2.05, 4.69) is 10.6 Å². The van der Waals surface area contributed by atoms with Crippen LogP contribution in [0, 0.1) is 0 Å². The lowest BCUT2D eigenvalue weighted by Crippen LogP contribution is -2.48. The second-order valence-electron chi connectivity index (χ2n) is 10.8. The lowest BCUT2D eigenvalue weighted by atomic mass is 10.00. The maximum atomic E-state index is 13.5. The summed E-state index contributed by atoms with van der Waals surface area (Å²) in [5.41, 5.74) is -2.17. The van der Waals surface area contributed by atoms with Crippen molar-refractivity contribution in [3.63, 3.8) is 0 Å². The number of hydrogen-bond acceptors (Lipinski definition) is 6. The summed E-state index contributed by atoms with van der Waals surface area (Å²) in [7, 11) is -3.57. The van der Waals surface area contributed by atoms with Crippen LogP contribution in [-0.4, -0.2) is 57.0 Å². The van der Waals surface area contributed by atoms with Crippen LogP contribution in [0.15, 0.2) is 66.7 Å². The number of halogens is 7. The van der Waals surface area contributed by atoms with Crippen LogP contribution in [-0.2, 0) is 35.3 Å². The lowest BCUT2D eigenvalue weighted by Gasteiger charge is -2.26. The first-order chi connectivity index (χ1) is 21.6. The van der Waals surface area contributed by atoms with E-state index in [9.17, 15) is 44.7 Å². The molecule has 3 N–H and O–H groups in total. The van der Waals surface area contributed by atoms with E-state index in [1.165, 1.54) is 22.5 Å². The third kappa shape index (κ3) is 10.2. The number of nitrogens with one attached hydrogen (secondary N) is 2. The zero-order chi connectivity index (χ0) is 33.7. The number of aliphatic hydroxyl groups excluding tert-OH is 1. The number of carbonyl (C=O) groups is 1. The molecule has 8 nitrogen and oxygen atoms in total. The molecule has 0 aromatic heterocycles. The maximum Gasteiger partial charge on any atom is 0.416 e. The normalized spacial score (nSPS) is 15.9. The number of amides is 1. The summed E-state index contributed by atoms with van der Waals surface area (Å²) in [5, 5.41) is 16.5. The van der Waals surface area contributed by atoms with E-state index in [-0.39, 0.29) is 72.9 Å². The summed E-state index contributed by atoms with van der Waals surface area (Å²) in [5.74, 6) is -0.440. The molecule has 47 heavy (non-hydrogen) atoms. The second-order valence-corrected chi connectivity index (χ2v) is 12.8. The largest absolute Gasteiger partial charge is 0.494 e. The number of alkyl halides is 6. The van der Waals surface area contributed by atoms with Gasteiger partial charge in [-0.05, 0) is 61.2 Å². The molecular weight excluding hydrogens is 676 g/mol. The van der Waals surface area contributed by atoms with Crippen molar-refractivity contribution in [3.05, 3.63) is 94.5 Å². The van der Waals surface area contributed by atoms with Gasteiger partial charge in [0.25, 0.3) is 5.91 Å². The molecule has 1 saturated heterocycles. The molecule has 4 rings (SSSR count). The summed E-state index contributed by atoms with van der Waals surface area (Å²) in [6.45, 7) is 1.47. The van der Waals surface area contributed by atoms with E-state index in [0.717, 1.165) is 5.56 Å². The van der Waals surface area contributed by atoms with Gasteiger partial charge >= 0.3 is 12.4 Å². The van der Waals surface area contributed by atoms with Crippen LogP contribution >= 0.6 is 12.4 Å². The number of hydrogen-bond donors (Lipinski definition) is 3. The number of rotatable bonds is 12. The topological polar surface area (TPSA) is 108 Å². The number of ether oxygens (including phenoxy) is 1. The van der Waals surface area contributed by atoms with Gasteiger partial charge in [-0.3, -0.25) is 9.10 Å². The van der Waals surface area contributed by atoms with Crippen LogP contribution in [0.4, 0.5) is 32.0 Å². The number of aliphatic hydroxyl groups is 1. The summed E-state index contributed by atoms with van der Waals surface area (Å²) in [6.07, 6.45) is -10.8.